The summed E-state index contributed by atoms with van der Waals surface area (Å²) in [7, 11) is -9.90. The lowest BCUT2D eigenvalue weighted by atomic mass is 10.0. The average Bonchev–Trinajstić information content (AvgIpc) is 3.68. The molecule has 0 amide bonds. The third kappa shape index (κ3) is 64.6. The van der Waals surface area contributed by atoms with Gasteiger partial charge in [-0.05, 0) is 49.4 Å². The number of phosphoric acid groups is 2. The first-order valence-corrected chi connectivity index (χ1v) is 39.2. The molecular formula is C70H136O17P2. The number of hydrogen-bond acceptors (Lipinski definition) is 15. The van der Waals surface area contributed by atoms with Crippen molar-refractivity contribution in [2.24, 2.45) is 23.7 Å². The Morgan fingerprint density at radius 1 is 0.281 bits per heavy atom. The van der Waals surface area contributed by atoms with Crippen LogP contribution >= 0.6 is 15.6 Å². The highest BCUT2D eigenvalue weighted by Crippen LogP contribution is 2.45. The van der Waals surface area contributed by atoms with Gasteiger partial charge in [-0.3, -0.25) is 37.3 Å². The molecule has 0 aromatic heterocycles. The van der Waals surface area contributed by atoms with Gasteiger partial charge >= 0.3 is 39.5 Å². The molecule has 0 aliphatic rings. The fraction of sp³-hybridized carbons (Fsp3) is 0.943. The summed E-state index contributed by atoms with van der Waals surface area (Å²) >= 11 is 0. The Morgan fingerprint density at radius 2 is 0.472 bits per heavy atom. The predicted molar refractivity (Wildman–Crippen MR) is 358 cm³/mol. The number of carbonyl (C=O) groups excluding carboxylic acids is 4. The summed E-state index contributed by atoms with van der Waals surface area (Å²) in [6.45, 7) is 14.0. The number of phosphoric ester groups is 2. The van der Waals surface area contributed by atoms with E-state index in [0.29, 0.717) is 37.5 Å². The molecule has 5 atom stereocenters. The average molecular weight is 1310 g/mol. The Labute approximate surface area is 543 Å². The van der Waals surface area contributed by atoms with Gasteiger partial charge < -0.3 is 33.8 Å². The molecule has 0 rings (SSSR count). The fourth-order valence-corrected chi connectivity index (χ4v) is 12.1. The molecular weight excluding hydrogens is 1170 g/mol. The first-order chi connectivity index (χ1) is 42.6. The molecule has 0 saturated heterocycles. The summed E-state index contributed by atoms with van der Waals surface area (Å²) in [4.78, 5) is 72.5. The van der Waals surface area contributed by atoms with Gasteiger partial charge in [-0.1, -0.05) is 293 Å². The van der Waals surface area contributed by atoms with E-state index >= 15 is 0 Å². The van der Waals surface area contributed by atoms with Crippen molar-refractivity contribution in [2.45, 2.75) is 363 Å². The molecule has 19 heteroatoms. The van der Waals surface area contributed by atoms with Crippen LogP contribution in [0, 0.1) is 23.7 Å². The molecule has 17 nitrogen and oxygen atoms in total. The standard InChI is InChI=1S/C70H136O17P2/c1-60(2)46-38-30-22-17-13-9-11-15-19-25-34-42-50-67(72)80-56-65(86-69(74)52-44-36-26-20-16-12-10-14-18-23-31-39-47-61(3)4)58-84-88(76,77)82-54-64(71)55-83-89(78,79)85-59-66(87-70(75)53-45-37-29-28-33-41-49-63(7)8)57-81-68(73)51-43-35-27-21-24-32-40-48-62(5)6/h60-66,71H,9-59H2,1-8H3,(H,76,77)(H,78,79)/t64?,65-,66-/m1/s1. The summed E-state index contributed by atoms with van der Waals surface area (Å²) in [5, 5.41) is 10.6. The van der Waals surface area contributed by atoms with Gasteiger partial charge in [0.2, 0.25) is 0 Å². The summed E-state index contributed by atoms with van der Waals surface area (Å²) < 4.78 is 68.2. The lowest BCUT2D eigenvalue weighted by Crippen LogP contribution is -2.30. The second-order valence-corrected chi connectivity index (χ2v) is 30.1. The van der Waals surface area contributed by atoms with Crippen molar-refractivity contribution in [3.05, 3.63) is 0 Å². The summed E-state index contributed by atoms with van der Waals surface area (Å²) in [5.41, 5.74) is 0. The van der Waals surface area contributed by atoms with Crippen LogP contribution in [0.25, 0.3) is 0 Å². The van der Waals surface area contributed by atoms with E-state index in [1.165, 1.54) is 141 Å². The highest BCUT2D eigenvalue weighted by molar-refractivity contribution is 7.47. The first kappa shape index (κ1) is 87.1. The maximum absolute atomic E-state index is 13.0. The van der Waals surface area contributed by atoms with Gasteiger partial charge in [0, 0.05) is 25.7 Å². The van der Waals surface area contributed by atoms with Gasteiger partial charge in [-0.25, -0.2) is 9.13 Å². The van der Waals surface area contributed by atoms with Crippen molar-refractivity contribution in [1.82, 2.24) is 0 Å². The minimum Gasteiger partial charge on any atom is -0.462 e. The molecule has 0 bridgehead atoms. The molecule has 0 aliphatic carbocycles. The van der Waals surface area contributed by atoms with Gasteiger partial charge in [-0.2, -0.15) is 0 Å². The molecule has 0 heterocycles. The van der Waals surface area contributed by atoms with E-state index in [9.17, 15) is 43.2 Å². The summed E-state index contributed by atoms with van der Waals surface area (Å²) in [5.74, 6) is 0.799. The molecule has 0 radical (unpaired) electrons. The Bertz CT molecular complexity index is 1760. The predicted octanol–water partition coefficient (Wildman–Crippen LogP) is 19.7. The highest BCUT2D eigenvalue weighted by Gasteiger charge is 2.30. The molecule has 0 aromatic rings. The van der Waals surface area contributed by atoms with Gasteiger partial charge in [0.15, 0.2) is 12.2 Å². The highest BCUT2D eigenvalue weighted by atomic mass is 31.2. The zero-order chi connectivity index (χ0) is 66.1. The smallest absolute Gasteiger partial charge is 0.462 e. The number of aliphatic hydroxyl groups is 1. The van der Waals surface area contributed by atoms with E-state index in [1.807, 2.05) is 0 Å². The lowest BCUT2D eigenvalue weighted by Gasteiger charge is -2.21. The van der Waals surface area contributed by atoms with E-state index < -0.39 is 97.5 Å². The molecule has 0 fully saturated rings. The maximum Gasteiger partial charge on any atom is 0.472 e. The van der Waals surface area contributed by atoms with Gasteiger partial charge in [-0.15, -0.1) is 0 Å². The number of carbonyl (C=O) groups is 4. The van der Waals surface area contributed by atoms with Crippen molar-refractivity contribution >= 4 is 39.5 Å². The van der Waals surface area contributed by atoms with Crippen LogP contribution in [0.4, 0.5) is 0 Å². The van der Waals surface area contributed by atoms with Crippen molar-refractivity contribution in [3.63, 3.8) is 0 Å². The van der Waals surface area contributed by atoms with Crippen molar-refractivity contribution in [1.29, 1.82) is 0 Å². The SMILES string of the molecule is CC(C)CCCCCCCCCCCCCCC(=O)OC[C@H](COP(=O)(O)OCC(O)COP(=O)(O)OC[C@@H](COC(=O)CCCCCCCCCC(C)C)OC(=O)CCCCCCCCC(C)C)OC(=O)CCCCCCCCCCCCCCC(C)C. The minimum atomic E-state index is -4.95. The number of unbranched alkanes of at least 4 members (excludes halogenated alkanes) is 33. The van der Waals surface area contributed by atoms with Crippen LogP contribution in [0.3, 0.4) is 0 Å². The molecule has 0 saturated carbocycles. The molecule has 89 heavy (non-hydrogen) atoms. The fourth-order valence-electron chi connectivity index (χ4n) is 10.5. The van der Waals surface area contributed by atoms with Crippen LogP contribution < -0.4 is 0 Å². The second-order valence-electron chi connectivity index (χ2n) is 27.2. The van der Waals surface area contributed by atoms with E-state index in [0.717, 1.165) is 108 Å². The van der Waals surface area contributed by atoms with Gasteiger partial charge in [0.1, 0.15) is 19.3 Å². The topological polar surface area (TPSA) is 237 Å². The number of esters is 4. The lowest BCUT2D eigenvalue weighted by molar-refractivity contribution is -0.161. The number of ether oxygens (including phenoxy) is 4. The Morgan fingerprint density at radius 3 is 0.697 bits per heavy atom. The van der Waals surface area contributed by atoms with Crippen LogP contribution in [-0.4, -0.2) is 96.7 Å². The summed E-state index contributed by atoms with van der Waals surface area (Å²) in [6.07, 6.45) is 41.9. The van der Waals surface area contributed by atoms with Gasteiger partial charge in [0.05, 0.1) is 26.4 Å². The molecule has 0 aliphatic heterocycles. The monoisotopic (exact) mass is 1310 g/mol. The summed E-state index contributed by atoms with van der Waals surface area (Å²) in [6, 6.07) is 0. The Hall–Kier alpha value is -1.94. The van der Waals surface area contributed by atoms with E-state index in [2.05, 4.69) is 55.4 Å². The van der Waals surface area contributed by atoms with Crippen LogP contribution in [0.1, 0.15) is 344 Å². The van der Waals surface area contributed by atoms with Crippen LogP contribution in [0.2, 0.25) is 0 Å². The molecule has 0 aromatic carbocycles. The van der Waals surface area contributed by atoms with Crippen molar-refractivity contribution in [3.8, 4) is 0 Å². The van der Waals surface area contributed by atoms with Crippen LogP contribution in [0.5, 0.6) is 0 Å². The quantitative estimate of drug-likeness (QED) is 0.0222. The van der Waals surface area contributed by atoms with Crippen LogP contribution in [-0.2, 0) is 65.4 Å². The Kier molecular flexibility index (Phi) is 58.5. The molecule has 3 unspecified atom stereocenters. The maximum atomic E-state index is 13.0. The molecule has 0 spiro atoms. The van der Waals surface area contributed by atoms with E-state index in [4.69, 9.17) is 37.0 Å². The third-order valence-corrected chi connectivity index (χ3v) is 18.0. The zero-order valence-electron chi connectivity index (χ0n) is 58.1. The molecule has 3 N–H and O–H groups in total. The first-order valence-electron chi connectivity index (χ1n) is 36.2. The number of aliphatic hydroxyl groups excluding tert-OH is 1. The normalized spacial score (nSPS) is 14.3. The Balaban J connectivity index is 5.23. The molecule has 528 valence electrons. The van der Waals surface area contributed by atoms with E-state index in [-0.39, 0.29) is 25.7 Å². The largest absolute Gasteiger partial charge is 0.472 e. The third-order valence-electron chi connectivity index (χ3n) is 16.1. The number of hydrogen-bond donors (Lipinski definition) is 3. The van der Waals surface area contributed by atoms with Gasteiger partial charge in [0.25, 0.3) is 0 Å². The zero-order valence-corrected chi connectivity index (χ0v) is 59.8. The van der Waals surface area contributed by atoms with Crippen molar-refractivity contribution < 1.29 is 80.2 Å². The van der Waals surface area contributed by atoms with E-state index in [1.54, 1.807) is 0 Å². The van der Waals surface area contributed by atoms with Crippen LogP contribution in [0.15, 0.2) is 0 Å². The second kappa shape index (κ2) is 59.8. The van der Waals surface area contributed by atoms with Crippen molar-refractivity contribution in [2.75, 3.05) is 39.6 Å². The minimum absolute atomic E-state index is 0.101. The number of rotatable bonds is 67.